The summed E-state index contributed by atoms with van der Waals surface area (Å²) in [6.07, 6.45) is 6.44. The van der Waals surface area contributed by atoms with E-state index in [0.717, 1.165) is 23.7 Å². The van der Waals surface area contributed by atoms with E-state index in [1.807, 2.05) is 17.7 Å². The minimum absolute atomic E-state index is 0.821. The lowest BCUT2D eigenvalue weighted by Crippen LogP contribution is -1.96. The molecule has 0 aliphatic heterocycles. The number of nitrogens with zero attached hydrogens (tertiary/aromatic N) is 4. The molecule has 0 saturated heterocycles. The lowest BCUT2D eigenvalue weighted by molar-refractivity contribution is 0.597. The Kier molecular flexibility index (Phi) is 2.69. The smallest absolute Gasteiger partial charge is 0.145 e. The van der Waals surface area contributed by atoms with Crippen molar-refractivity contribution in [3.05, 3.63) is 30.4 Å². The highest BCUT2D eigenvalue weighted by Crippen LogP contribution is 2.17. The van der Waals surface area contributed by atoms with E-state index in [9.17, 15) is 0 Å². The summed E-state index contributed by atoms with van der Waals surface area (Å²) in [5, 5.41) is 10.9. The minimum Gasteiger partial charge on any atom is -0.252 e. The highest BCUT2D eigenvalue weighted by Gasteiger charge is 2.04. The molecule has 0 radical (unpaired) electrons. The maximum atomic E-state index is 4.16. The molecule has 2 heterocycles. The zero-order valence-electron chi connectivity index (χ0n) is 7.63. The van der Waals surface area contributed by atoms with Crippen molar-refractivity contribution in [3.63, 3.8) is 0 Å². The van der Waals surface area contributed by atoms with Crippen molar-refractivity contribution in [2.24, 2.45) is 0 Å². The van der Waals surface area contributed by atoms with Crippen molar-refractivity contribution in [1.29, 1.82) is 0 Å². The van der Waals surface area contributed by atoms with Crippen LogP contribution < -0.4 is 0 Å². The van der Waals surface area contributed by atoms with E-state index in [-0.39, 0.29) is 0 Å². The van der Waals surface area contributed by atoms with Crippen molar-refractivity contribution >= 4 is 11.3 Å². The van der Waals surface area contributed by atoms with E-state index in [2.05, 4.69) is 21.9 Å². The molecule has 2 rings (SSSR count). The molecule has 0 fully saturated rings. The molecule has 0 aliphatic rings. The fourth-order valence-electron chi connectivity index (χ4n) is 1.08. The lowest BCUT2D eigenvalue weighted by atomic mass is 10.4. The Morgan fingerprint density at radius 2 is 2.50 bits per heavy atom. The van der Waals surface area contributed by atoms with Gasteiger partial charge in [-0.3, -0.25) is 4.68 Å². The fourth-order valence-corrected chi connectivity index (χ4v) is 1.67. The summed E-state index contributed by atoms with van der Waals surface area (Å²) >= 11 is 1.57. The van der Waals surface area contributed by atoms with Gasteiger partial charge in [0.2, 0.25) is 0 Å². The second kappa shape index (κ2) is 4.15. The van der Waals surface area contributed by atoms with Crippen LogP contribution in [-0.2, 0) is 6.54 Å². The normalized spacial score (nSPS) is 10.3. The van der Waals surface area contributed by atoms with Crippen molar-refractivity contribution < 1.29 is 0 Å². The van der Waals surface area contributed by atoms with Gasteiger partial charge < -0.3 is 0 Å². The second-order valence-electron chi connectivity index (χ2n) is 2.78. The predicted octanol–water partition coefficient (Wildman–Crippen LogP) is 1.98. The Morgan fingerprint density at radius 1 is 1.57 bits per heavy atom. The molecule has 0 unspecified atom stereocenters. The molecule has 4 nitrogen and oxygen atoms in total. The van der Waals surface area contributed by atoms with Gasteiger partial charge in [0.05, 0.1) is 6.20 Å². The highest BCUT2D eigenvalue weighted by molar-refractivity contribution is 7.13. The zero-order valence-corrected chi connectivity index (χ0v) is 8.44. The summed E-state index contributed by atoms with van der Waals surface area (Å²) in [5.41, 5.74) is 0.837. The van der Waals surface area contributed by atoms with Gasteiger partial charge in [-0.15, -0.1) is 23.0 Å². The summed E-state index contributed by atoms with van der Waals surface area (Å²) in [5.74, 6) is 0. The predicted molar refractivity (Wildman–Crippen MR) is 55.9 cm³/mol. The molecule has 14 heavy (non-hydrogen) atoms. The topological polar surface area (TPSA) is 43.6 Å². The first kappa shape index (κ1) is 9.08. The third-order valence-electron chi connectivity index (χ3n) is 1.75. The van der Waals surface area contributed by atoms with E-state index in [1.54, 1.807) is 22.2 Å². The van der Waals surface area contributed by atoms with Gasteiger partial charge in [0, 0.05) is 18.1 Å². The Balaban J connectivity index is 2.14. The first-order valence-corrected chi connectivity index (χ1v) is 5.19. The van der Waals surface area contributed by atoms with Gasteiger partial charge in [-0.2, -0.15) is 0 Å². The number of hydrogen-bond donors (Lipinski definition) is 0. The van der Waals surface area contributed by atoms with Crippen LogP contribution in [0.5, 0.6) is 0 Å². The second-order valence-corrected chi connectivity index (χ2v) is 3.68. The Morgan fingerprint density at radius 3 is 3.21 bits per heavy atom. The van der Waals surface area contributed by atoms with E-state index in [1.165, 1.54) is 0 Å². The molecule has 5 heteroatoms. The van der Waals surface area contributed by atoms with Gasteiger partial charge in [-0.05, 0) is 6.42 Å². The number of allylic oxidation sites excluding steroid dienone is 1. The lowest BCUT2D eigenvalue weighted by Gasteiger charge is -1.92. The van der Waals surface area contributed by atoms with Crippen molar-refractivity contribution in [3.8, 4) is 10.7 Å². The third-order valence-corrected chi connectivity index (χ3v) is 2.55. The molecule has 0 atom stereocenters. The molecule has 2 aromatic heterocycles. The van der Waals surface area contributed by atoms with Crippen LogP contribution in [0.1, 0.15) is 6.42 Å². The van der Waals surface area contributed by atoms with Gasteiger partial charge in [-0.25, -0.2) is 4.98 Å². The Labute approximate surface area is 85.9 Å². The van der Waals surface area contributed by atoms with Crippen molar-refractivity contribution in [2.45, 2.75) is 13.0 Å². The molecule has 72 valence electrons. The molecular weight excluding hydrogens is 196 g/mol. The SMILES string of the molecule is C=CCCn1cc(-c2nccs2)nn1. The molecule has 0 saturated carbocycles. The fraction of sp³-hybridized carbons (Fsp3) is 0.222. The van der Waals surface area contributed by atoms with Crippen LogP contribution in [-0.4, -0.2) is 20.0 Å². The maximum absolute atomic E-state index is 4.16. The molecule has 0 spiro atoms. The van der Waals surface area contributed by atoms with Gasteiger partial charge in [0.15, 0.2) is 0 Å². The van der Waals surface area contributed by atoms with E-state index >= 15 is 0 Å². The average Bonchev–Trinajstić information content (AvgIpc) is 2.85. The van der Waals surface area contributed by atoms with E-state index < -0.39 is 0 Å². The Bertz CT molecular complexity index is 404. The molecule has 0 N–H and O–H groups in total. The zero-order chi connectivity index (χ0) is 9.80. The first-order chi connectivity index (χ1) is 6.90. The summed E-state index contributed by atoms with van der Waals surface area (Å²) in [6.45, 7) is 4.48. The number of rotatable bonds is 4. The molecule has 2 aromatic rings. The van der Waals surface area contributed by atoms with Crippen molar-refractivity contribution in [1.82, 2.24) is 20.0 Å². The summed E-state index contributed by atoms with van der Waals surface area (Å²) in [7, 11) is 0. The summed E-state index contributed by atoms with van der Waals surface area (Å²) in [4.78, 5) is 4.16. The summed E-state index contributed by atoms with van der Waals surface area (Å²) < 4.78 is 1.80. The average molecular weight is 206 g/mol. The standard InChI is InChI=1S/C9H10N4S/c1-2-3-5-13-7-8(11-12-13)9-10-4-6-14-9/h2,4,6-7H,1,3,5H2. The molecule has 0 bridgehead atoms. The van der Waals surface area contributed by atoms with Crippen molar-refractivity contribution in [2.75, 3.05) is 0 Å². The van der Waals surface area contributed by atoms with Gasteiger partial charge in [0.1, 0.15) is 10.7 Å². The third kappa shape index (κ3) is 1.88. The quantitative estimate of drug-likeness (QED) is 0.718. The van der Waals surface area contributed by atoms with Crippen LogP contribution in [0.15, 0.2) is 30.4 Å². The van der Waals surface area contributed by atoms with Crippen LogP contribution >= 0.6 is 11.3 Å². The van der Waals surface area contributed by atoms with Crippen LogP contribution in [0.4, 0.5) is 0 Å². The largest absolute Gasteiger partial charge is 0.252 e. The minimum atomic E-state index is 0.821. The van der Waals surface area contributed by atoms with Crippen LogP contribution in [0.25, 0.3) is 10.7 Å². The van der Waals surface area contributed by atoms with Crippen LogP contribution in [0, 0.1) is 0 Å². The maximum Gasteiger partial charge on any atom is 0.145 e. The van der Waals surface area contributed by atoms with Gasteiger partial charge >= 0.3 is 0 Å². The monoisotopic (exact) mass is 206 g/mol. The van der Waals surface area contributed by atoms with E-state index in [4.69, 9.17) is 0 Å². The van der Waals surface area contributed by atoms with Gasteiger partial charge in [0.25, 0.3) is 0 Å². The molecule has 0 aromatic carbocycles. The van der Waals surface area contributed by atoms with E-state index in [0.29, 0.717) is 0 Å². The van der Waals surface area contributed by atoms with Gasteiger partial charge in [-0.1, -0.05) is 11.3 Å². The van der Waals surface area contributed by atoms with Crippen LogP contribution in [0.2, 0.25) is 0 Å². The molecule has 0 amide bonds. The Hall–Kier alpha value is -1.49. The first-order valence-electron chi connectivity index (χ1n) is 4.31. The molecule has 0 aliphatic carbocycles. The number of thiazole rings is 1. The number of aromatic nitrogens is 4. The number of hydrogen-bond acceptors (Lipinski definition) is 4. The summed E-state index contributed by atoms with van der Waals surface area (Å²) in [6, 6.07) is 0. The van der Waals surface area contributed by atoms with Crippen LogP contribution in [0.3, 0.4) is 0 Å². The number of aryl methyl sites for hydroxylation is 1. The molecular formula is C9H10N4S. The highest BCUT2D eigenvalue weighted by atomic mass is 32.1.